The molecule has 0 spiro atoms. The largest absolute Gasteiger partial charge is 0.496 e. The second-order valence-corrected chi connectivity index (χ2v) is 9.59. The number of aliphatic hydroxyl groups is 2. The summed E-state index contributed by atoms with van der Waals surface area (Å²) in [5.41, 5.74) is 6.16. The number of carbonyl (C=O) groups excluding carboxylic acids is 1. The number of carbonyl (C=O) groups is 1. The molecule has 190 valence electrons. The minimum Gasteiger partial charge on any atom is -0.496 e. The zero-order valence-corrected chi connectivity index (χ0v) is 21.1. The molecule has 0 saturated carbocycles. The molecule has 3 aromatic carbocycles. The number of ether oxygens (including phenoxy) is 1. The number of hydrogen-bond acceptors (Lipinski definition) is 5. The smallest absolute Gasteiger partial charge is 0.227 e. The molecular weight excluding hydrogens is 452 g/mol. The molecule has 1 amide bonds. The summed E-state index contributed by atoms with van der Waals surface area (Å²) in [5.74, 6) is 0.774. The number of nitrogens with zero attached hydrogens (tertiary/aromatic N) is 1. The van der Waals surface area contributed by atoms with Crippen molar-refractivity contribution in [3.05, 3.63) is 100 Å². The van der Waals surface area contributed by atoms with Crippen molar-refractivity contribution in [2.24, 2.45) is 0 Å². The van der Waals surface area contributed by atoms with Crippen LogP contribution >= 0.6 is 0 Å². The van der Waals surface area contributed by atoms with E-state index in [2.05, 4.69) is 42.6 Å². The fraction of sp³-hybridized carbons (Fsp3) is 0.367. The van der Waals surface area contributed by atoms with Crippen LogP contribution < -0.4 is 10.1 Å². The van der Waals surface area contributed by atoms with Crippen molar-refractivity contribution in [1.29, 1.82) is 0 Å². The summed E-state index contributed by atoms with van der Waals surface area (Å²) in [6, 6.07) is 22.1. The Labute approximate surface area is 213 Å². The van der Waals surface area contributed by atoms with Gasteiger partial charge in [0.2, 0.25) is 5.91 Å². The standard InChI is InChI=1S/C30H36N2O4/c1-21(31-18-28(34)25-10-11-29(36-2)27(17-25)20-33)14-22-6-5-7-23(15-22)16-30(35)32-13-12-24-8-3-4-9-26(24)19-32/h3-11,15,17,21,28,31,33-34H,12-14,16,18-20H2,1-2H3/t21-,28+/m1/s1. The third kappa shape index (κ3) is 6.52. The van der Waals surface area contributed by atoms with Gasteiger partial charge in [-0.2, -0.15) is 0 Å². The summed E-state index contributed by atoms with van der Waals surface area (Å²) < 4.78 is 5.24. The van der Waals surface area contributed by atoms with Gasteiger partial charge in [0.15, 0.2) is 0 Å². The molecule has 6 heteroatoms. The Kier molecular flexibility index (Phi) is 8.75. The molecular formula is C30H36N2O4. The molecule has 0 aromatic heterocycles. The van der Waals surface area contributed by atoms with Crippen molar-refractivity contribution < 1.29 is 19.7 Å². The summed E-state index contributed by atoms with van der Waals surface area (Å²) >= 11 is 0. The van der Waals surface area contributed by atoms with Gasteiger partial charge >= 0.3 is 0 Å². The lowest BCUT2D eigenvalue weighted by molar-refractivity contribution is -0.131. The molecule has 6 nitrogen and oxygen atoms in total. The second-order valence-electron chi connectivity index (χ2n) is 9.59. The molecule has 0 saturated heterocycles. The van der Waals surface area contributed by atoms with Crippen LogP contribution in [0.15, 0.2) is 66.7 Å². The first-order valence-corrected chi connectivity index (χ1v) is 12.6. The number of nitrogens with one attached hydrogen (secondary N) is 1. The lowest BCUT2D eigenvalue weighted by atomic mass is 9.98. The molecule has 1 heterocycles. The van der Waals surface area contributed by atoms with Crippen LogP contribution in [0.5, 0.6) is 5.75 Å². The first-order valence-electron chi connectivity index (χ1n) is 12.6. The molecule has 36 heavy (non-hydrogen) atoms. The normalized spacial score (nSPS) is 14.7. The van der Waals surface area contributed by atoms with Gasteiger partial charge in [0.05, 0.1) is 26.2 Å². The fourth-order valence-corrected chi connectivity index (χ4v) is 4.85. The molecule has 3 aromatic rings. The molecule has 3 N–H and O–H groups in total. The summed E-state index contributed by atoms with van der Waals surface area (Å²) in [7, 11) is 1.56. The van der Waals surface area contributed by atoms with Crippen LogP contribution in [0.3, 0.4) is 0 Å². The third-order valence-corrected chi connectivity index (χ3v) is 6.89. The summed E-state index contributed by atoms with van der Waals surface area (Å²) in [6.45, 7) is 3.80. The van der Waals surface area contributed by atoms with Crippen LogP contribution in [0.25, 0.3) is 0 Å². The maximum absolute atomic E-state index is 13.0. The van der Waals surface area contributed by atoms with E-state index >= 15 is 0 Å². The van der Waals surface area contributed by atoms with Crippen LogP contribution in [0.1, 0.15) is 46.4 Å². The summed E-state index contributed by atoms with van der Waals surface area (Å²) in [4.78, 5) is 14.9. The van der Waals surface area contributed by atoms with Gasteiger partial charge in [-0.3, -0.25) is 4.79 Å². The van der Waals surface area contributed by atoms with Gasteiger partial charge in [-0.05, 0) is 59.7 Å². The monoisotopic (exact) mass is 488 g/mol. The molecule has 0 unspecified atom stereocenters. The van der Waals surface area contributed by atoms with E-state index in [-0.39, 0.29) is 18.6 Å². The Hall–Kier alpha value is -3.19. The van der Waals surface area contributed by atoms with Gasteiger partial charge in [-0.15, -0.1) is 0 Å². The van der Waals surface area contributed by atoms with Gasteiger partial charge in [0.1, 0.15) is 5.75 Å². The number of methoxy groups -OCH3 is 1. The van der Waals surface area contributed by atoms with E-state index in [1.54, 1.807) is 19.2 Å². The van der Waals surface area contributed by atoms with E-state index in [1.807, 2.05) is 29.2 Å². The Morgan fingerprint density at radius 2 is 1.83 bits per heavy atom. The van der Waals surface area contributed by atoms with Crippen LogP contribution in [0.2, 0.25) is 0 Å². The minimum absolute atomic E-state index is 0.139. The van der Waals surface area contributed by atoms with Gasteiger partial charge in [-0.25, -0.2) is 0 Å². The van der Waals surface area contributed by atoms with Crippen LogP contribution in [0.4, 0.5) is 0 Å². The van der Waals surface area contributed by atoms with E-state index in [0.717, 1.165) is 36.1 Å². The molecule has 4 rings (SSSR count). The highest BCUT2D eigenvalue weighted by molar-refractivity contribution is 5.79. The first-order chi connectivity index (χ1) is 17.5. The molecule has 1 aliphatic rings. The predicted octanol–water partition coefficient (Wildman–Crippen LogP) is 3.57. The van der Waals surface area contributed by atoms with Gasteiger partial charge in [0, 0.05) is 31.2 Å². The molecule has 2 atom stereocenters. The van der Waals surface area contributed by atoms with Crippen molar-refractivity contribution in [1.82, 2.24) is 10.2 Å². The van der Waals surface area contributed by atoms with E-state index in [9.17, 15) is 15.0 Å². The number of hydrogen-bond donors (Lipinski definition) is 3. The predicted molar refractivity (Wildman–Crippen MR) is 141 cm³/mol. The number of fused-ring (bicyclic) bond motifs is 1. The highest BCUT2D eigenvalue weighted by atomic mass is 16.5. The van der Waals surface area contributed by atoms with Crippen molar-refractivity contribution in [2.75, 3.05) is 20.2 Å². The summed E-state index contributed by atoms with van der Waals surface area (Å²) in [5, 5.41) is 23.5. The van der Waals surface area contributed by atoms with Gasteiger partial charge < -0.3 is 25.2 Å². The maximum atomic E-state index is 13.0. The molecule has 0 bridgehead atoms. The van der Waals surface area contributed by atoms with E-state index < -0.39 is 6.10 Å². The topological polar surface area (TPSA) is 82.0 Å². The van der Waals surface area contributed by atoms with Gasteiger partial charge in [-0.1, -0.05) is 54.6 Å². The van der Waals surface area contributed by atoms with Gasteiger partial charge in [0.25, 0.3) is 0 Å². The van der Waals surface area contributed by atoms with E-state index in [0.29, 0.717) is 30.8 Å². The highest BCUT2D eigenvalue weighted by Crippen LogP contribution is 2.24. The average molecular weight is 489 g/mol. The number of rotatable bonds is 10. The van der Waals surface area contributed by atoms with Crippen LogP contribution in [0, 0.1) is 0 Å². The first kappa shape index (κ1) is 25.9. The lowest BCUT2D eigenvalue weighted by Gasteiger charge is -2.29. The SMILES string of the molecule is COc1ccc([C@@H](O)CN[C@H](C)Cc2cccc(CC(=O)N3CCc4ccccc4C3)c2)cc1CO. The molecule has 0 radical (unpaired) electrons. The lowest BCUT2D eigenvalue weighted by Crippen LogP contribution is -2.36. The quantitative estimate of drug-likeness (QED) is 0.407. The van der Waals surface area contributed by atoms with Crippen molar-refractivity contribution in [3.8, 4) is 5.75 Å². The van der Waals surface area contributed by atoms with E-state index in [4.69, 9.17) is 4.74 Å². The van der Waals surface area contributed by atoms with Crippen LogP contribution in [-0.2, 0) is 37.2 Å². The van der Waals surface area contributed by atoms with Crippen molar-refractivity contribution in [2.45, 2.75) is 51.5 Å². The van der Waals surface area contributed by atoms with Crippen molar-refractivity contribution in [3.63, 3.8) is 0 Å². The van der Waals surface area contributed by atoms with Crippen molar-refractivity contribution >= 4 is 5.91 Å². The third-order valence-electron chi connectivity index (χ3n) is 6.89. The maximum Gasteiger partial charge on any atom is 0.227 e. The number of aliphatic hydroxyl groups excluding tert-OH is 2. The number of amides is 1. The Bertz CT molecular complexity index is 1180. The molecule has 0 fully saturated rings. The molecule has 1 aliphatic heterocycles. The Morgan fingerprint density at radius 1 is 1.06 bits per heavy atom. The zero-order chi connectivity index (χ0) is 25.5. The second kappa shape index (κ2) is 12.2. The minimum atomic E-state index is -0.692. The highest BCUT2D eigenvalue weighted by Gasteiger charge is 2.20. The molecule has 0 aliphatic carbocycles. The van der Waals surface area contributed by atoms with E-state index in [1.165, 1.54) is 11.1 Å². The Balaban J connectivity index is 1.29. The summed E-state index contributed by atoms with van der Waals surface area (Å²) in [6.07, 6.45) is 1.41. The average Bonchev–Trinajstić information content (AvgIpc) is 2.91. The Morgan fingerprint density at radius 3 is 2.61 bits per heavy atom. The zero-order valence-electron chi connectivity index (χ0n) is 21.1. The number of benzene rings is 3. The van der Waals surface area contributed by atoms with Crippen LogP contribution in [-0.4, -0.2) is 47.3 Å². The fourth-order valence-electron chi connectivity index (χ4n) is 4.85.